The van der Waals surface area contributed by atoms with E-state index in [9.17, 15) is 30.6 Å². The molecule has 1 aromatic heterocycles. The molecule has 194 valence electrons. The molecule has 0 aliphatic heterocycles. The van der Waals surface area contributed by atoms with E-state index in [4.69, 9.17) is 0 Å². The largest absolute Gasteiger partial charge is 0.468 e. The van der Waals surface area contributed by atoms with E-state index in [1.807, 2.05) is 0 Å². The Kier molecular flexibility index (Phi) is 10.6. The number of sulfone groups is 1. The molecule has 1 amide bonds. The molecule has 0 fully saturated rings. The Morgan fingerprint density at radius 1 is 1.14 bits per heavy atom. The van der Waals surface area contributed by atoms with Gasteiger partial charge >= 0.3 is 5.97 Å². The Morgan fingerprint density at radius 2 is 1.86 bits per heavy atom. The number of esters is 1. The van der Waals surface area contributed by atoms with Crippen LogP contribution in [0.3, 0.4) is 0 Å². The fraction of sp³-hybridized carbons (Fsp3) is 0.429. The maximum Gasteiger partial charge on any atom is 0.323 e. The number of nitrogens with one attached hydrogen (secondary N) is 2. The minimum Gasteiger partial charge on any atom is -0.468 e. The fourth-order valence-corrected chi connectivity index (χ4v) is 7.26. The summed E-state index contributed by atoms with van der Waals surface area (Å²) in [6, 6.07) is 7.80. The standard InChI is InChI=1S/C21H28N2O8S4/c1-4-17(21(25)31-2)23-35(29,30)16-8-5-7-15(13-16)14-33(26)12-6-11-22-20(24)18-9-10-19(32-18)34(3,27)28/h5,7-10,13,17,23H,4,6,11-12,14H2,1-3H3,(H,22,24)/t17-,33?/m0/s1. The molecule has 2 N–H and O–H groups in total. The number of hydrogen-bond acceptors (Lipinski definition) is 9. The zero-order valence-electron chi connectivity index (χ0n) is 19.5. The number of carbonyl (C=O) groups is 2. The van der Waals surface area contributed by atoms with Crippen LogP contribution in [-0.2, 0) is 45.9 Å². The minimum atomic E-state index is -3.98. The van der Waals surface area contributed by atoms with Crippen molar-refractivity contribution in [2.75, 3.05) is 25.7 Å². The van der Waals surface area contributed by atoms with Crippen molar-refractivity contribution in [3.05, 3.63) is 46.8 Å². The van der Waals surface area contributed by atoms with E-state index in [0.717, 1.165) is 17.6 Å². The highest BCUT2D eigenvalue weighted by Gasteiger charge is 2.25. The number of methoxy groups -OCH3 is 1. The van der Waals surface area contributed by atoms with Gasteiger partial charge in [-0.05, 0) is 42.7 Å². The Morgan fingerprint density at radius 3 is 2.46 bits per heavy atom. The molecule has 10 nitrogen and oxygen atoms in total. The average molecular weight is 565 g/mol. The summed E-state index contributed by atoms with van der Waals surface area (Å²) in [7, 11) is -7.49. The van der Waals surface area contributed by atoms with Gasteiger partial charge in [0.05, 0.1) is 16.9 Å². The van der Waals surface area contributed by atoms with Gasteiger partial charge in [0.2, 0.25) is 10.0 Å². The van der Waals surface area contributed by atoms with Crippen LogP contribution in [0, 0.1) is 0 Å². The second-order valence-electron chi connectivity index (χ2n) is 7.54. The molecule has 1 aromatic carbocycles. The normalized spacial score (nSPS) is 13.7. The Labute approximate surface area is 211 Å². The lowest BCUT2D eigenvalue weighted by atomic mass is 10.2. The maximum atomic E-state index is 12.6. The van der Waals surface area contributed by atoms with Gasteiger partial charge in [0.15, 0.2) is 9.84 Å². The number of carbonyl (C=O) groups excluding carboxylic acids is 2. The van der Waals surface area contributed by atoms with Gasteiger partial charge in [0, 0.05) is 35.1 Å². The molecule has 2 atom stereocenters. The van der Waals surface area contributed by atoms with Crippen LogP contribution >= 0.6 is 11.3 Å². The first kappa shape index (κ1) is 29.1. The first-order valence-corrected chi connectivity index (χ1v) is 16.2. The van der Waals surface area contributed by atoms with Crippen LogP contribution in [0.25, 0.3) is 0 Å². The van der Waals surface area contributed by atoms with Gasteiger partial charge in [0.1, 0.15) is 10.3 Å². The summed E-state index contributed by atoms with van der Waals surface area (Å²) in [6.07, 6.45) is 1.71. The second-order valence-corrected chi connectivity index (χ2v) is 14.2. The van der Waals surface area contributed by atoms with Gasteiger partial charge in [-0.25, -0.2) is 16.8 Å². The number of benzene rings is 1. The summed E-state index contributed by atoms with van der Waals surface area (Å²) in [5, 5.41) is 2.67. The van der Waals surface area contributed by atoms with Crippen molar-refractivity contribution in [3.63, 3.8) is 0 Å². The van der Waals surface area contributed by atoms with Crippen LogP contribution in [0.5, 0.6) is 0 Å². The highest BCUT2D eigenvalue weighted by molar-refractivity contribution is 7.92. The third-order valence-corrected chi connectivity index (χ3v) is 10.5. The van der Waals surface area contributed by atoms with Crippen molar-refractivity contribution in [2.45, 2.75) is 40.7 Å². The van der Waals surface area contributed by atoms with E-state index in [-0.39, 0.29) is 38.5 Å². The molecule has 14 heteroatoms. The quantitative estimate of drug-likeness (QED) is 0.274. The lowest BCUT2D eigenvalue weighted by Crippen LogP contribution is -2.40. The lowest BCUT2D eigenvalue weighted by Gasteiger charge is -2.15. The van der Waals surface area contributed by atoms with Crippen LogP contribution in [-0.4, -0.2) is 64.6 Å². The maximum absolute atomic E-state index is 12.6. The Bertz CT molecular complexity index is 1290. The van der Waals surface area contributed by atoms with Crippen molar-refractivity contribution in [1.82, 2.24) is 10.0 Å². The van der Waals surface area contributed by atoms with E-state index in [2.05, 4.69) is 14.8 Å². The Hall–Kier alpha value is -2.13. The summed E-state index contributed by atoms with van der Waals surface area (Å²) < 4.78 is 67.8. The molecular formula is C21H28N2O8S4. The molecule has 1 unspecified atom stereocenters. The molecule has 0 saturated heterocycles. The molecule has 2 rings (SSSR count). The third-order valence-electron chi connectivity index (χ3n) is 4.73. The van der Waals surface area contributed by atoms with Gasteiger partial charge in [-0.3, -0.25) is 13.8 Å². The number of thiophene rings is 1. The molecule has 0 aliphatic carbocycles. The van der Waals surface area contributed by atoms with E-state index in [1.54, 1.807) is 13.0 Å². The van der Waals surface area contributed by atoms with Crippen LogP contribution in [0.1, 0.15) is 35.0 Å². The predicted molar refractivity (Wildman–Crippen MR) is 134 cm³/mol. The van der Waals surface area contributed by atoms with Gasteiger partial charge in [-0.15, -0.1) is 11.3 Å². The summed E-state index contributed by atoms with van der Waals surface area (Å²) in [6.45, 7) is 1.90. The van der Waals surface area contributed by atoms with Gasteiger partial charge in [-0.2, -0.15) is 4.72 Å². The second kappa shape index (κ2) is 12.7. The van der Waals surface area contributed by atoms with E-state index in [0.29, 0.717) is 12.0 Å². The molecule has 0 saturated carbocycles. The summed E-state index contributed by atoms with van der Waals surface area (Å²) in [5.41, 5.74) is 0.549. The first-order chi connectivity index (χ1) is 16.4. The number of amides is 1. The van der Waals surface area contributed by atoms with Crippen LogP contribution in [0.15, 0.2) is 45.5 Å². The molecular weight excluding hydrogens is 537 g/mol. The van der Waals surface area contributed by atoms with Crippen LogP contribution < -0.4 is 10.0 Å². The van der Waals surface area contributed by atoms with Crippen molar-refractivity contribution >= 4 is 53.9 Å². The first-order valence-electron chi connectivity index (χ1n) is 10.5. The smallest absolute Gasteiger partial charge is 0.323 e. The van der Waals surface area contributed by atoms with E-state index < -0.39 is 48.6 Å². The molecule has 2 aromatic rings. The zero-order valence-corrected chi connectivity index (χ0v) is 22.7. The number of sulfonamides is 1. The Balaban J connectivity index is 1.88. The molecule has 0 aliphatic rings. The number of hydrogen-bond donors (Lipinski definition) is 2. The lowest BCUT2D eigenvalue weighted by molar-refractivity contribution is -0.142. The zero-order chi connectivity index (χ0) is 26.2. The van der Waals surface area contributed by atoms with Gasteiger partial charge in [0.25, 0.3) is 5.91 Å². The SMILES string of the molecule is CC[C@H](NS(=O)(=O)c1cccc(CS(=O)CCCNC(=O)c2ccc(S(C)(=O)=O)s2)c1)C(=O)OC. The average Bonchev–Trinajstić information content (AvgIpc) is 3.31. The van der Waals surface area contributed by atoms with E-state index in [1.165, 1.54) is 37.4 Å². The van der Waals surface area contributed by atoms with Crippen molar-refractivity contribution in [3.8, 4) is 0 Å². The van der Waals surface area contributed by atoms with Crippen molar-refractivity contribution in [1.29, 1.82) is 0 Å². The molecule has 0 radical (unpaired) electrons. The molecule has 0 spiro atoms. The van der Waals surface area contributed by atoms with Crippen LogP contribution in [0.4, 0.5) is 0 Å². The molecule has 1 heterocycles. The minimum absolute atomic E-state index is 0.0500. The summed E-state index contributed by atoms with van der Waals surface area (Å²) >= 11 is 0.885. The molecule has 35 heavy (non-hydrogen) atoms. The predicted octanol–water partition coefficient (Wildman–Crippen LogP) is 1.45. The van der Waals surface area contributed by atoms with Crippen molar-refractivity contribution < 1.29 is 35.4 Å². The van der Waals surface area contributed by atoms with Crippen molar-refractivity contribution in [2.24, 2.45) is 0 Å². The number of rotatable bonds is 13. The summed E-state index contributed by atoms with van der Waals surface area (Å²) in [5.74, 6) is -0.697. The molecule has 0 bridgehead atoms. The highest BCUT2D eigenvalue weighted by atomic mass is 32.2. The number of ether oxygens (including phenoxy) is 1. The fourth-order valence-electron chi connectivity index (χ4n) is 2.92. The summed E-state index contributed by atoms with van der Waals surface area (Å²) in [4.78, 5) is 24.1. The topological polar surface area (TPSA) is 153 Å². The van der Waals surface area contributed by atoms with Gasteiger partial charge in [-0.1, -0.05) is 19.1 Å². The highest BCUT2D eigenvalue weighted by Crippen LogP contribution is 2.21. The van der Waals surface area contributed by atoms with Crippen LogP contribution in [0.2, 0.25) is 0 Å². The van der Waals surface area contributed by atoms with E-state index >= 15 is 0 Å². The monoisotopic (exact) mass is 564 g/mol. The third kappa shape index (κ3) is 8.79. The van der Waals surface area contributed by atoms with Gasteiger partial charge < -0.3 is 10.1 Å².